The van der Waals surface area contributed by atoms with E-state index in [0.717, 1.165) is 11.5 Å². The van der Waals surface area contributed by atoms with Crippen molar-refractivity contribution in [2.75, 3.05) is 20.3 Å². The first-order valence-electron chi connectivity index (χ1n) is 5.11. The van der Waals surface area contributed by atoms with Gasteiger partial charge in [-0.25, -0.2) is 0 Å². The average Bonchev–Trinajstić information content (AvgIpc) is 2.68. The minimum Gasteiger partial charge on any atom is -0.491 e. The van der Waals surface area contributed by atoms with Crippen molar-refractivity contribution in [2.24, 2.45) is 0 Å². The van der Waals surface area contributed by atoms with E-state index in [0.29, 0.717) is 18.2 Å². The molecule has 3 nitrogen and oxygen atoms in total. The van der Waals surface area contributed by atoms with Gasteiger partial charge in [-0.15, -0.1) is 0 Å². The van der Waals surface area contributed by atoms with Gasteiger partial charge >= 0.3 is 0 Å². The third kappa shape index (κ3) is 2.31. The Morgan fingerprint density at radius 1 is 1.69 bits per heavy atom. The summed E-state index contributed by atoms with van der Waals surface area (Å²) in [7, 11) is 1.92. The van der Waals surface area contributed by atoms with E-state index in [1.54, 1.807) is 0 Å². The highest BCUT2D eigenvalue weighted by molar-refractivity contribution is 6.29. The molecule has 1 heterocycles. The predicted octanol–water partition coefficient (Wildman–Crippen LogP) is 2.47. The van der Waals surface area contributed by atoms with Gasteiger partial charge in [0, 0.05) is 16.7 Å². The normalized spacial score (nSPS) is 17.8. The number of rotatable bonds is 4. The van der Waals surface area contributed by atoms with Gasteiger partial charge < -0.3 is 14.8 Å². The van der Waals surface area contributed by atoms with Gasteiger partial charge in [-0.3, -0.25) is 0 Å². The van der Waals surface area contributed by atoms with Crippen molar-refractivity contribution in [1.29, 1.82) is 0 Å². The van der Waals surface area contributed by atoms with Crippen LogP contribution < -0.4 is 14.8 Å². The lowest BCUT2D eigenvalue weighted by Crippen LogP contribution is -2.17. The fourth-order valence-corrected chi connectivity index (χ4v) is 1.74. The standard InChI is InChI=1S/C12H14ClNO2/c1-8(13)6-15-9-3-4-10-11(14-2)7-16-12(10)5-9/h3-5,11,14H,1,6-7H2,2H3. The molecule has 0 spiro atoms. The van der Waals surface area contributed by atoms with Crippen molar-refractivity contribution in [3.8, 4) is 11.5 Å². The van der Waals surface area contributed by atoms with Crippen molar-refractivity contribution in [2.45, 2.75) is 6.04 Å². The zero-order chi connectivity index (χ0) is 11.5. The van der Waals surface area contributed by atoms with Crippen LogP contribution in [-0.4, -0.2) is 20.3 Å². The Morgan fingerprint density at radius 2 is 2.50 bits per heavy atom. The van der Waals surface area contributed by atoms with Gasteiger partial charge in [-0.05, 0) is 19.2 Å². The summed E-state index contributed by atoms with van der Waals surface area (Å²) >= 11 is 5.63. The molecule has 16 heavy (non-hydrogen) atoms. The van der Waals surface area contributed by atoms with Gasteiger partial charge in [-0.2, -0.15) is 0 Å². The molecular weight excluding hydrogens is 226 g/mol. The smallest absolute Gasteiger partial charge is 0.127 e. The predicted molar refractivity (Wildman–Crippen MR) is 64.2 cm³/mol. The largest absolute Gasteiger partial charge is 0.491 e. The Balaban J connectivity index is 2.12. The van der Waals surface area contributed by atoms with Gasteiger partial charge in [-0.1, -0.05) is 18.2 Å². The molecule has 4 heteroatoms. The Kier molecular flexibility index (Phi) is 3.36. The molecule has 1 aromatic rings. The van der Waals surface area contributed by atoms with E-state index < -0.39 is 0 Å². The topological polar surface area (TPSA) is 30.5 Å². The fourth-order valence-electron chi connectivity index (χ4n) is 1.68. The zero-order valence-electron chi connectivity index (χ0n) is 9.13. The lowest BCUT2D eigenvalue weighted by molar-refractivity contribution is 0.315. The van der Waals surface area contributed by atoms with Crippen LogP contribution in [0.2, 0.25) is 0 Å². The number of ether oxygens (including phenoxy) is 2. The van der Waals surface area contributed by atoms with E-state index in [-0.39, 0.29) is 6.04 Å². The number of hydrogen-bond acceptors (Lipinski definition) is 3. The molecule has 0 fully saturated rings. The molecular formula is C12H14ClNO2. The van der Waals surface area contributed by atoms with Crippen molar-refractivity contribution in [3.63, 3.8) is 0 Å². The molecule has 1 aliphatic rings. The second-order valence-electron chi connectivity index (χ2n) is 3.66. The van der Waals surface area contributed by atoms with Crippen LogP contribution in [0.4, 0.5) is 0 Å². The van der Waals surface area contributed by atoms with Gasteiger partial charge in [0.15, 0.2) is 0 Å². The molecule has 1 atom stereocenters. The third-order valence-corrected chi connectivity index (χ3v) is 2.62. The van der Waals surface area contributed by atoms with Crippen LogP contribution in [0, 0.1) is 0 Å². The molecule has 0 saturated heterocycles. The van der Waals surface area contributed by atoms with E-state index in [2.05, 4.69) is 11.9 Å². The first-order valence-corrected chi connectivity index (χ1v) is 5.48. The summed E-state index contributed by atoms with van der Waals surface area (Å²) in [6, 6.07) is 6.08. The number of benzene rings is 1. The second kappa shape index (κ2) is 4.76. The summed E-state index contributed by atoms with van der Waals surface area (Å²) in [5.74, 6) is 1.62. The fraction of sp³-hybridized carbons (Fsp3) is 0.333. The molecule has 2 rings (SSSR count). The number of fused-ring (bicyclic) bond motifs is 1. The van der Waals surface area contributed by atoms with Crippen molar-refractivity contribution in [1.82, 2.24) is 5.32 Å². The minimum atomic E-state index is 0.270. The van der Waals surface area contributed by atoms with E-state index in [4.69, 9.17) is 21.1 Å². The lowest BCUT2D eigenvalue weighted by atomic mass is 10.1. The zero-order valence-corrected chi connectivity index (χ0v) is 9.88. The summed E-state index contributed by atoms with van der Waals surface area (Å²) in [4.78, 5) is 0. The van der Waals surface area contributed by atoms with Crippen molar-refractivity contribution < 1.29 is 9.47 Å². The van der Waals surface area contributed by atoms with E-state index in [1.165, 1.54) is 5.56 Å². The molecule has 1 aromatic carbocycles. The molecule has 0 saturated carbocycles. The highest BCUT2D eigenvalue weighted by Crippen LogP contribution is 2.35. The lowest BCUT2D eigenvalue weighted by Gasteiger charge is -2.08. The molecule has 0 radical (unpaired) electrons. The molecule has 0 bridgehead atoms. The summed E-state index contributed by atoms with van der Waals surface area (Å²) in [6.07, 6.45) is 0. The van der Waals surface area contributed by atoms with Gasteiger partial charge in [0.25, 0.3) is 0 Å². The van der Waals surface area contributed by atoms with Crippen LogP contribution in [0.3, 0.4) is 0 Å². The van der Waals surface area contributed by atoms with Crippen molar-refractivity contribution >= 4 is 11.6 Å². The maximum absolute atomic E-state index is 5.63. The second-order valence-corrected chi connectivity index (χ2v) is 4.19. The van der Waals surface area contributed by atoms with Crippen LogP contribution in [0.15, 0.2) is 29.8 Å². The monoisotopic (exact) mass is 239 g/mol. The Morgan fingerprint density at radius 3 is 3.19 bits per heavy atom. The Labute approximate surface area is 100 Å². The minimum absolute atomic E-state index is 0.270. The summed E-state index contributed by atoms with van der Waals surface area (Å²) in [6.45, 7) is 4.55. The number of likely N-dealkylation sites (N-methyl/N-ethyl adjacent to an activating group) is 1. The first kappa shape index (κ1) is 11.3. The van der Waals surface area contributed by atoms with Gasteiger partial charge in [0.05, 0.1) is 6.04 Å². The molecule has 1 unspecified atom stereocenters. The summed E-state index contributed by atoms with van der Waals surface area (Å²) in [5.41, 5.74) is 1.17. The molecule has 1 N–H and O–H groups in total. The van der Waals surface area contributed by atoms with Crippen LogP contribution in [0.5, 0.6) is 11.5 Å². The maximum Gasteiger partial charge on any atom is 0.127 e. The Hall–Kier alpha value is -1.19. The molecule has 0 aliphatic carbocycles. The SMILES string of the molecule is C=C(Cl)COc1ccc2c(c1)OCC2NC. The number of nitrogens with one attached hydrogen (secondary N) is 1. The summed E-state index contributed by atoms with van der Waals surface area (Å²) in [5, 5.41) is 3.67. The van der Waals surface area contributed by atoms with E-state index >= 15 is 0 Å². The highest BCUT2D eigenvalue weighted by atomic mass is 35.5. The molecule has 0 amide bonds. The van der Waals surface area contributed by atoms with Crippen LogP contribution in [-0.2, 0) is 0 Å². The first-order chi connectivity index (χ1) is 7.70. The third-order valence-electron chi connectivity index (χ3n) is 2.51. The van der Waals surface area contributed by atoms with E-state index in [1.807, 2.05) is 25.2 Å². The number of halogens is 1. The van der Waals surface area contributed by atoms with E-state index in [9.17, 15) is 0 Å². The quantitative estimate of drug-likeness (QED) is 0.876. The Bertz CT molecular complexity index is 406. The molecule has 1 aliphatic heterocycles. The molecule has 86 valence electrons. The maximum atomic E-state index is 5.63. The van der Waals surface area contributed by atoms with Gasteiger partial charge in [0.2, 0.25) is 0 Å². The van der Waals surface area contributed by atoms with Crippen LogP contribution in [0.25, 0.3) is 0 Å². The van der Waals surface area contributed by atoms with Crippen LogP contribution in [0.1, 0.15) is 11.6 Å². The molecule has 0 aromatic heterocycles. The highest BCUT2D eigenvalue weighted by Gasteiger charge is 2.22. The summed E-state index contributed by atoms with van der Waals surface area (Å²) < 4.78 is 11.0. The number of hydrogen-bond donors (Lipinski definition) is 1. The van der Waals surface area contributed by atoms with Gasteiger partial charge in [0.1, 0.15) is 24.7 Å². The van der Waals surface area contributed by atoms with Crippen LogP contribution >= 0.6 is 11.6 Å². The average molecular weight is 240 g/mol. The van der Waals surface area contributed by atoms with Crippen molar-refractivity contribution in [3.05, 3.63) is 35.4 Å².